The fraction of sp³-hybridized carbons (Fsp3) is 0.636. The number of hydrogen-bond donors (Lipinski definition) is 1. The molecule has 1 unspecified atom stereocenters. The third-order valence-electron chi connectivity index (χ3n) is 3.12. The van der Waals surface area contributed by atoms with Gasteiger partial charge < -0.3 is 5.32 Å². The van der Waals surface area contributed by atoms with Crippen LogP contribution in [0.4, 0.5) is 0 Å². The van der Waals surface area contributed by atoms with E-state index in [1.807, 2.05) is 6.20 Å². The summed E-state index contributed by atoms with van der Waals surface area (Å²) >= 11 is 0. The molecule has 0 bridgehead atoms. The quantitative estimate of drug-likeness (QED) is 0.764. The van der Waals surface area contributed by atoms with Gasteiger partial charge in [-0.3, -0.25) is 0 Å². The van der Waals surface area contributed by atoms with Crippen LogP contribution in [0.15, 0.2) is 12.3 Å². The SMILES string of the molecule is c1cc(C2CC2)nc(C2CCNC2)n1. The fourth-order valence-electron chi connectivity index (χ4n) is 2.07. The second-order valence-corrected chi connectivity index (χ2v) is 4.30. The summed E-state index contributed by atoms with van der Waals surface area (Å²) in [7, 11) is 0. The molecule has 1 aromatic rings. The predicted octanol–water partition coefficient (Wildman–Crippen LogP) is 1.43. The van der Waals surface area contributed by atoms with Gasteiger partial charge in [-0.1, -0.05) is 0 Å². The highest BCUT2D eigenvalue weighted by Gasteiger charge is 2.26. The van der Waals surface area contributed by atoms with Crippen LogP contribution in [0.25, 0.3) is 0 Å². The maximum Gasteiger partial charge on any atom is 0.132 e. The van der Waals surface area contributed by atoms with Crippen molar-refractivity contribution in [1.29, 1.82) is 0 Å². The summed E-state index contributed by atoms with van der Waals surface area (Å²) in [5.41, 5.74) is 1.27. The van der Waals surface area contributed by atoms with Crippen LogP contribution in [0.1, 0.15) is 42.6 Å². The largest absolute Gasteiger partial charge is 0.316 e. The van der Waals surface area contributed by atoms with Gasteiger partial charge in [-0.15, -0.1) is 0 Å². The van der Waals surface area contributed by atoms with Gasteiger partial charge >= 0.3 is 0 Å². The van der Waals surface area contributed by atoms with Gasteiger partial charge in [0.25, 0.3) is 0 Å². The lowest BCUT2D eigenvalue weighted by Crippen LogP contribution is -2.10. The molecule has 1 aliphatic carbocycles. The van der Waals surface area contributed by atoms with Crippen molar-refractivity contribution in [2.45, 2.75) is 31.1 Å². The fourth-order valence-corrected chi connectivity index (χ4v) is 2.07. The first-order chi connectivity index (χ1) is 6.93. The predicted molar refractivity (Wildman–Crippen MR) is 54.2 cm³/mol. The smallest absolute Gasteiger partial charge is 0.132 e. The van der Waals surface area contributed by atoms with Crippen molar-refractivity contribution in [3.05, 3.63) is 23.8 Å². The van der Waals surface area contributed by atoms with Crippen LogP contribution in [-0.4, -0.2) is 23.1 Å². The van der Waals surface area contributed by atoms with Crippen LogP contribution in [0.3, 0.4) is 0 Å². The molecule has 2 aliphatic rings. The first kappa shape index (κ1) is 8.36. The highest BCUT2D eigenvalue weighted by atomic mass is 15.0. The monoisotopic (exact) mass is 189 g/mol. The Balaban J connectivity index is 1.85. The van der Waals surface area contributed by atoms with Gasteiger partial charge in [0.15, 0.2) is 0 Å². The van der Waals surface area contributed by atoms with E-state index in [1.165, 1.54) is 25.0 Å². The summed E-state index contributed by atoms with van der Waals surface area (Å²) in [6.45, 7) is 2.16. The molecular weight excluding hydrogens is 174 g/mol. The van der Waals surface area contributed by atoms with E-state index in [9.17, 15) is 0 Å². The maximum absolute atomic E-state index is 4.67. The summed E-state index contributed by atoms with van der Waals surface area (Å²) in [5, 5.41) is 3.36. The standard InChI is InChI=1S/C11H15N3/c1-2-8(1)10-4-6-13-11(14-10)9-3-5-12-7-9/h4,6,8-9,12H,1-3,5,7H2. The second kappa shape index (κ2) is 3.31. The van der Waals surface area contributed by atoms with Crippen molar-refractivity contribution in [3.8, 4) is 0 Å². The summed E-state index contributed by atoms with van der Waals surface area (Å²) in [6, 6.07) is 2.07. The van der Waals surface area contributed by atoms with E-state index in [2.05, 4.69) is 21.4 Å². The molecular formula is C11H15N3. The average Bonchev–Trinajstić information content (AvgIpc) is 2.94. The molecule has 2 heterocycles. The van der Waals surface area contributed by atoms with Gasteiger partial charge in [0.1, 0.15) is 5.82 Å². The Morgan fingerprint density at radius 3 is 2.86 bits per heavy atom. The molecule has 0 radical (unpaired) electrons. The van der Waals surface area contributed by atoms with Crippen LogP contribution in [0.5, 0.6) is 0 Å². The Bertz CT molecular complexity index is 327. The molecule has 1 aromatic heterocycles. The number of aromatic nitrogens is 2. The number of nitrogens with zero attached hydrogens (tertiary/aromatic N) is 2. The van der Waals surface area contributed by atoms with Crippen LogP contribution in [0, 0.1) is 0 Å². The molecule has 2 fully saturated rings. The van der Waals surface area contributed by atoms with Crippen molar-refractivity contribution < 1.29 is 0 Å². The van der Waals surface area contributed by atoms with E-state index in [4.69, 9.17) is 0 Å². The average molecular weight is 189 g/mol. The van der Waals surface area contributed by atoms with Gasteiger partial charge in [0.05, 0.1) is 0 Å². The third kappa shape index (κ3) is 1.52. The zero-order valence-corrected chi connectivity index (χ0v) is 8.24. The molecule has 14 heavy (non-hydrogen) atoms. The first-order valence-corrected chi connectivity index (χ1v) is 5.47. The lowest BCUT2D eigenvalue weighted by molar-refractivity contribution is 0.692. The van der Waals surface area contributed by atoms with E-state index in [1.54, 1.807) is 0 Å². The summed E-state index contributed by atoms with van der Waals surface area (Å²) in [5.74, 6) is 2.35. The second-order valence-electron chi connectivity index (χ2n) is 4.30. The summed E-state index contributed by atoms with van der Waals surface area (Å²) in [6.07, 6.45) is 5.75. The topological polar surface area (TPSA) is 37.8 Å². The lowest BCUT2D eigenvalue weighted by Gasteiger charge is -2.07. The highest BCUT2D eigenvalue weighted by Crippen LogP contribution is 2.39. The first-order valence-electron chi connectivity index (χ1n) is 5.47. The van der Waals surface area contributed by atoms with Gasteiger partial charge in [0, 0.05) is 30.3 Å². The van der Waals surface area contributed by atoms with Crippen LogP contribution in [0.2, 0.25) is 0 Å². The zero-order chi connectivity index (χ0) is 9.38. The van der Waals surface area contributed by atoms with Crippen LogP contribution < -0.4 is 5.32 Å². The highest BCUT2D eigenvalue weighted by molar-refractivity contribution is 5.15. The Morgan fingerprint density at radius 2 is 2.14 bits per heavy atom. The van der Waals surface area contributed by atoms with E-state index in [0.717, 1.165) is 24.8 Å². The third-order valence-corrected chi connectivity index (χ3v) is 3.12. The van der Waals surface area contributed by atoms with Crippen molar-refractivity contribution in [2.24, 2.45) is 0 Å². The molecule has 1 atom stereocenters. The molecule has 1 N–H and O–H groups in total. The Hall–Kier alpha value is -0.960. The van der Waals surface area contributed by atoms with Crippen LogP contribution >= 0.6 is 0 Å². The zero-order valence-electron chi connectivity index (χ0n) is 8.24. The Labute approximate surface area is 84.0 Å². The molecule has 3 nitrogen and oxygen atoms in total. The summed E-state index contributed by atoms with van der Waals surface area (Å²) in [4.78, 5) is 9.05. The van der Waals surface area contributed by atoms with E-state index < -0.39 is 0 Å². The molecule has 1 saturated carbocycles. The Kier molecular flexibility index (Phi) is 1.98. The molecule has 1 aliphatic heterocycles. The van der Waals surface area contributed by atoms with Crippen molar-refractivity contribution in [2.75, 3.05) is 13.1 Å². The molecule has 3 heteroatoms. The normalized spacial score (nSPS) is 26.7. The Morgan fingerprint density at radius 1 is 1.21 bits per heavy atom. The van der Waals surface area contributed by atoms with Gasteiger partial charge in [-0.2, -0.15) is 0 Å². The van der Waals surface area contributed by atoms with Gasteiger partial charge in [0.2, 0.25) is 0 Å². The van der Waals surface area contributed by atoms with E-state index >= 15 is 0 Å². The number of nitrogens with one attached hydrogen (secondary N) is 1. The molecule has 1 saturated heterocycles. The summed E-state index contributed by atoms with van der Waals surface area (Å²) < 4.78 is 0. The number of hydrogen-bond acceptors (Lipinski definition) is 3. The molecule has 3 rings (SSSR count). The lowest BCUT2D eigenvalue weighted by atomic mass is 10.1. The van der Waals surface area contributed by atoms with Crippen molar-refractivity contribution in [1.82, 2.24) is 15.3 Å². The van der Waals surface area contributed by atoms with Gasteiger partial charge in [-0.25, -0.2) is 9.97 Å². The molecule has 74 valence electrons. The van der Waals surface area contributed by atoms with Crippen molar-refractivity contribution >= 4 is 0 Å². The minimum atomic E-state index is 0.550. The van der Waals surface area contributed by atoms with E-state index in [-0.39, 0.29) is 0 Å². The molecule has 0 spiro atoms. The molecule has 0 aromatic carbocycles. The van der Waals surface area contributed by atoms with E-state index in [0.29, 0.717) is 5.92 Å². The maximum atomic E-state index is 4.67. The minimum absolute atomic E-state index is 0.550. The minimum Gasteiger partial charge on any atom is -0.316 e. The van der Waals surface area contributed by atoms with Gasteiger partial charge in [-0.05, 0) is 31.9 Å². The van der Waals surface area contributed by atoms with Crippen molar-refractivity contribution in [3.63, 3.8) is 0 Å². The molecule has 0 amide bonds. The number of rotatable bonds is 2. The van der Waals surface area contributed by atoms with Crippen LogP contribution in [-0.2, 0) is 0 Å².